The Balaban J connectivity index is 5.30. The van der Waals surface area contributed by atoms with Crippen LogP contribution in [0.15, 0.2) is 4.99 Å². The number of nitrogens with zero attached hydrogens (tertiary/aromatic N) is 1. The lowest BCUT2D eigenvalue weighted by Gasteiger charge is -2.25. The van der Waals surface area contributed by atoms with E-state index in [1.165, 1.54) is 6.92 Å². The minimum atomic E-state index is -1.58. The zero-order valence-corrected chi connectivity index (χ0v) is 16.0. The molecule has 4 atom stereocenters. The SMILES string of the molecule is CC(O)C(NC(=O)CN)C(=O)NC(CCCN=C(N)N)C(=O)NC(CO)C(=O)O. The van der Waals surface area contributed by atoms with Gasteiger partial charge in [-0.05, 0) is 19.8 Å². The van der Waals surface area contributed by atoms with Crippen LogP contribution < -0.4 is 33.2 Å². The molecule has 29 heavy (non-hydrogen) atoms. The summed E-state index contributed by atoms with van der Waals surface area (Å²) in [6.07, 6.45) is -1.06. The Morgan fingerprint density at radius 2 is 1.62 bits per heavy atom. The van der Waals surface area contributed by atoms with Gasteiger partial charge in [0.1, 0.15) is 18.1 Å². The van der Waals surface area contributed by atoms with E-state index in [1.54, 1.807) is 0 Å². The van der Waals surface area contributed by atoms with Crippen molar-refractivity contribution in [2.24, 2.45) is 22.2 Å². The Morgan fingerprint density at radius 3 is 2.07 bits per heavy atom. The van der Waals surface area contributed by atoms with Crippen molar-refractivity contribution >= 4 is 29.7 Å². The van der Waals surface area contributed by atoms with Crippen molar-refractivity contribution in [3.63, 3.8) is 0 Å². The number of aliphatic hydroxyl groups excluding tert-OH is 2. The summed E-state index contributed by atoms with van der Waals surface area (Å²) < 4.78 is 0. The van der Waals surface area contributed by atoms with E-state index in [9.17, 15) is 24.3 Å². The first-order chi connectivity index (χ1) is 13.5. The number of aliphatic hydroxyl groups is 2. The molecule has 4 unspecified atom stereocenters. The monoisotopic (exact) mass is 419 g/mol. The Kier molecular flexibility index (Phi) is 11.9. The van der Waals surface area contributed by atoms with Gasteiger partial charge in [-0.15, -0.1) is 0 Å². The molecule has 0 fully saturated rings. The van der Waals surface area contributed by atoms with Gasteiger partial charge in [-0.1, -0.05) is 0 Å². The lowest BCUT2D eigenvalue weighted by Crippen LogP contribution is -2.59. The third-order valence-electron chi connectivity index (χ3n) is 3.64. The van der Waals surface area contributed by atoms with E-state index >= 15 is 0 Å². The lowest BCUT2D eigenvalue weighted by atomic mass is 10.1. The number of aliphatic carboxylic acids is 1. The molecular formula is C15H29N7O7. The number of hydrogen-bond acceptors (Lipinski definition) is 8. The summed E-state index contributed by atoms with van der Waals surface area (Å²) in [7, 11) is 0. The van der Waals surface area contributed by atoms with E-state index in [4.69, 9.17) is 27.4 Å². The summed E-state index contributed by atoms with van der Waals surface area (Å²) in [4.78, 5) is 51.0. The number of carbonyl (C=O) groups excluding carboxylic acids is 3. The molecule has 166 valence electrons. The van der Waals surface area contributed by atoms with E-state index in [0.717, 1.165) is 0 Å². The molecule has 12 N–H and O–H groups in total. The van der Waals surface area contributed by atoms with Gasteiger partial charge in [0.2, 0.25) is 17.7 Å². The number of aliphatic imine (C=N–C) groups is 1. The lowest BCUT2D eigenvalue weighted by molar-refractivity contribution is -0.143. The van der Waals surface area contributed by atoms with Gasteiger partial charge in [0.25, 0.3) is 0 Å². The zero-order valence-electron chi connectivity index (χ0n) is 16.0. The molecule has 0 saturated heterocycles. The number of rotatable bonds is 13. The molecular weight excluding hydrogens is 390 g/mol. The summed E-state index contributed by atoms with van der Waals surface area (Å²) in [6.45, 7) is 0.101. The maximum Gasteiger partial charge on any atom is 0.328 e. The first-order valence-corrected chi connectivity index (χ1v) is 8.70. The number of carboxylic acid groups (broad SMARTS) is 1. The third kappa shape index (κ3) is 10.2. The summed E-state index contributed by atoms with van der Waals surface area (Å²) in [5.41, 5.74) is 15.6. The highest BCUT2D eigenvalue weighted by Crippen LogP contribution is 2.03. The molecule has 0 saturated carbocycles. The highest BCUT2D eigenvalue weighted by Gasteiger charge is 2.31. The van der Waals surface area contributed by atoms with Crippen LogP contribution in [0.25, 0.3) is 0 Å². The van der Waals surface area contributed by atoms with Crippen molar-refractivity contribution in [3.05, 3.63) is 0 Å². The number of nitrogens with one attached hydrogen (secondary N) is 3. The molecule has 14 heteroatoms. The van der Waals surface area contributed by atoms with Crippen LogP contribution in [0.3, 0.4) is 0 Å². The molecule has 14 nitrogen and oxygen atoms in total. The molecule has 0 heterocycles. The van der Waals surface area contributed by atoms with Crippen LogP contribution in [0.5, 0.6) is 0 Å². The maximum atomic E-state index is 12.4. The fraction of sp³-hybridized carbons (Fsp3) is 0.667. The molecule has 0 bridgehead atoms. The van der Waals surface area contributed by atoms with Crippen LogP contribution >= 0.6 is 0 Å². The van der Waals surface area contributed by atoms with Gasteiger partial charge in [0.05, 0.1) is 19.3 Å². The first kappa shape index (κ1) is 26.0. The fourth-order valence-electron chi connectivity index (χ4n) is 2.13. The average molecular weight is 419 g/mol. The first-order valence-electron chi connectivity index (χ1n) is 8.70. The number of hydrogen-bond donors (Lipinski definition) is 9. The van der Waals surface area contributed by atoms with Crippen molar-refractivity contribution < 1.29 is 34.5 Å². The number of nitrogens with two attached hydrogens (primary N) is 3. The van der Waals surface area contributed by atoms with E-state index in [0.29, 0.717) is 0 Å². The smallest absolute Gasteiger partial charge is 0.328 e. The van der Waals surface area contributed by atoms with Gasteiger partial charge in [-0.2, -0.15) is 0 Å². The largest absolute Gasteiger partial charge is 0.480 e. The third-order valence-corrected chi connectivity index (χ3v) is 3.64. The minimum absolute atomic E-state index is 0.00346. The normalized spacial score (nSPS) is 14.6. The van der Waals surface area contributed by atoms with Crippen molar-refractivity contribution in [1.82, 2.24) is 16.0 Å². The maximum absolute atomic E-state index is 12.4. The van der Waals surface area contributed by atoms with E-state index < -0.39 is 61.1 Å². The molecule has 0 aliphatic heterocycles. The van der Waals surface area contributed by atoms with Gasteiger partial charge in [0.15, 0.2) is 5.96 Å². The summed E-state index contributed by atoms with van der Waals surface area (Å²) in [5.74, 6) is -4.12. The van der Waals surface area contributed by atoms with Crippen LogP contribution in [0.2, 0.25) is 0 Å². The molecule has 0 rings (SSSR count). The predicted octanol–water partition coefficient (Wildman–Crippen LogP) is -5.09. The van der Waals surface area contributed by atoms with Crippen molar-refractivity contribution in [2.45, 2.75) is 44.0 Å². The standard InChI is InChI=1S/C15H29N7O7/c1-7(24)11(22-10(25)5-16)13(27)20-8(3-2-4-19-15(17)18)12(26)21-9(6-23)14(28)29/h7-9,11,23-24H,2-6,16H2,1H3,(H,20,27)(H,21,26)(H,22,25)(H,28,29)(H4,17,18,19). The van der Waals surface area contributed by atoms with Crippen LogP contribution in [-0.4, -0.2) is 88.9 Å². The zero-order chi connectivity index (χ0) is 22.6. The minimum Gasteiger partial charge on any atom is -0.480 e. The van der Waals surface area contributed by atoms with Gasteiger partial charge >= 0.3 is 5.97 Å². The molecule has 0 radical (unpaired) electrons. The number of guanidine groups is 1. The van der Waals surface area contributed by atoms with E-state index in [-0.39, 0.29) is 25.3 Å². The van der Waals surface area contributed by atoms with Gasteiger partial charge in [0, 0.05) is 6.54 Å². The Bertz CT molecular complexity index is 608. The van der Waals surface area contributed by atoms with Gasteiger partial charge in [-0.25, -0.2) is 4.79 Å². The quantitative estimate of drug-likeness (QED) is 0.0779. The molecule has 0 spiro atoms. The van der Waals surface area contributed by atoms with Crippen molar-refractivity contribution in [2.75, 3.05) is 19.7 Å². The van der Waals surface area contributed by atoms with Gasteiger partial charge < -0.3 is 48.5 Å². The van der Waals surface area contributed by atoms with Crippen LogP contribution in [0.4, 0.5) is 0 Å². The second-order valence-corrected chi connectivity index (χ2v) is 6.08. The average Bonchev–Trinajstić information content (AvgIpc) is 2.64. The Morgan fingerprint density at radius 1 is 1.03 bits per heavy atom. The summed E-state index contributed by atoms with van der Waals surface area (Å²) >= 11 is 0. The second kappa shape index (κ2) is 13.2. The molecule has 3 amide bonds. The fourth-order valence-corrected chi connectivity index (χ4v) is 2.13. The molecule has 0 aromatic carbocycles. The highest BCUT2D eigenvalue weighted by atomic mass is 16.4. The summed E-state index contributed by atoms with van der Waals surface area (Å²) in [6, 6.07) is -4.22. The number of amides is 3. The van der Waals surface area contributed by atoms with Crippen molar-refractivity contribution in [3.8, 4) is 0 Å². The molecule has 0 aromatic rings. The van der Waals surface area contributed by atoms with Gasteiger partial charge in [-0.3, -0.25) is 19.4 Å². The summed E-state index contributed by atoms with van der Waals surface area (Å²) in [5, 5.41) is 34.4. The molecule has 0 aliphatic rings. The number of carboxylic acids is 1. The van der Waals surface area contributed by atoms with Crippen LogP contribution in [0.1, 0.15) is 19.8 Å². The second-order valence-electron chi connectivity index (χ2n) is 6.08. The van der Waals surface area contributed by atoms with Crippen LogP contribution in [-0.2, 0) is 19.2 Å². The Hall–Kier alpha value is -2.97. The van der Waals surface area contributed by atoms with Crippen LogP contribution in [0, 0.1) is 0 Å². The highest BCUT2D eigenvalue weighted by molar-refractivity contribution is 5.93. The predicted molar refractivity (Wildman–Crippen MR) is 101 cm³/mol. The number of carbonyl (C=O) groups is 4. The van der Waals surface area contributed by atoms with Crippen molar-refractivity contribution in [1.29, 1.82) is 0 Å². The van der Waals surface area contributed by atoms with E-state index in [2.05, 4.69) is 20.9 Å². The topological polar surface area (TPSA) is 255 Å². The molecule has 0 aromatic heterocycles. The van der Waals surface area contributed by atoms with E-state index in [1.807, 2.05) is 0 Å². The molecule has 0 aliphatic carbocycles. The Labute approximate surface area is 166 Å².